The normalized spacial score (nSPS) is 12.4. The van der Waals surface area contributed by atoms with Crippen molar-refractivity contribution in [3.8, 4) is 11.3 Å². The Morgan fingerprint density at radius 2 is 2.04 bits per heavy atom. The Bertz CT molecular complexity index is 704. The van der Waals surface area contributed by atoms with Gasteiger partial charge in [-0.15, -0.1) is 11.8 Å². The van der Waals surface area contributed by atoms with Gasteiger partial charge >= 0.3 is 0 Å². The van der Waals surface area contributed by atoms with Crippen molar-refractivity contribution >= 4 is 40.9 Å². The van der Waals surface area contributed by atoms with E-state index in [0.717, 1.165) is 5.56 Å². The highest BCUT2D eigenvalue weighted by atomic mass is 35.5. The molecule has 0 fully saturated rings. The van der Waals surface area contributed by atoms with Gasteiger partial charge in [0.25, 0.3) is 0 Å². The van der Waals surface area contributed by atoms with Gasteiger partial charge in [-0.1, -0.05) is 42.2 Å². The van der Waals surface area contributed by atoms with Crippen LogP contribution in [0, 0.1) is 5.92 Å². The molecule has 0 bridgehead atoms. The number of rotatable bonds is 7. The number of benzene rings is 1. The van der Waals surface area contributed by atoms with Crippen LogP contribution >= 0.6 is 35.0 Å². The molecule has 0 saturated heterocycles. The molecule has 0 saturated carbocycles. The Labute approximate surface area is 156 Å². The molecule has 24 heavy (non-hydrogen) atoms. The highest BCUT2D eigenvalue weighted by Gasteiger charge is 2.13. The molecule has 0 spiro atoms. The molecule has 1 atom stereocenters. The van der Waals surface area contributed by atoms with E-state index in [2.05, 4.69) is 24.3 Å². The fourth-order valence-corrected chi connectivity index (χ4v) is 3.13. The van der Waals surface area contributed by atoms with Gasteiger partial charge in [-0.3, -0.25) is 4.79 Å². The van der Waals surface area contributed by atoms with Crippen LogP contribution in [0.2, 0.25) is 10.0 Å². The third-order valence-corrected chi connectivity index (χ3v) is 5.13. The number of nitrogens with zero attached hydrogens (tertiary/aromatic N) is 1. The summed E-state index contributed by atoms with van der Waals surface area (Å²) in [5.74, 6) is 2.10. The van der Waals surface area contributed by atoms with Crippen molar-refractivity contribution in [3.63, 3.8) is 0 Å². The summed E-state index contributed by atoms with van der Waals surface area (Å²) in [6, 6.07) is 7.23. The summed E-state index contributed by atoms with van der Waals surface area (Å²) in [5, 5.41) is 8.10. The average molecular weight is 387 g/mol. The van der Waals surface area contributed by atoms with Gasteiger partial charge in [-0.25, -0.2) is 0 Å². The highest BCUT2D eigenvalue weighted by Crippen LogP contribution is 2.30. The molecule has 0 radical (unpaired) electrons. The lowest BCUT2D eigenvalue weighted by molar-refractivity contribution is -0.119. The molecule has 1 N–H and O–H groups in total. The van der Waals surface area contributed by atoms with Crippen LogP contribution in [0.5, 0.6) is 0 Å². The van der Waals surface area contributed by atoms with Gasteiger partial charge in [0, 0.05) is 22.7 Å². The van der Waals surface area contributed by atoms with Crippen LogP contribution < -0.4 is 5.32 Å². The maximum absolute atomic E-state index is 11.8. The summed E-state index contributed by atoms with van der Waals surface area (Å²) < 4.78 is 5.31. The second kappa shape index (κ2) is 8.79. The summed E-state index contributed by atoms with van der Waals surface area (Å²) in [7, 11) is 0. The largest absolute Gasteiger partial charge is 0.360 e. The molecule has 2 rings (SSSR count). The maximum Gasteiger partial charge on any atom is 0.230 e. The highest BCUT2D eigenvalue weighted by molar-refractivity contribution is 7.99. The molecule has 0 aliphatic carbocycles. The van der Waals surface area contributed by atoms with Crippen molar-refractivity contribution in [1.29, 1.82) is 0 Å². The molecule has 4 nitrogen and oxygen atoms in total. The second-order valence-electron chi connectivity index (χ2n) is 5.90. The van der Waals surface area contributed by atoms with E-state index < -0.39 is 0 Å². The van der Waals surface area contributed by atoms with Crippen LogP contribution in [-0.4, -0.2) is 22.9 Å². The van der Waals surface area contributed by atoms with Crippen LogP contribution in [-0.2, 0) is 10.5 Å². The summed E-state index contributed by atoms with van der Waals surface area (Å²) in [6.45, 7) is 6.16. The van der Waals surface area contributed by atoms with Crippen LogP contribution in [0.15, 0.2) is 28.8 Å². The van der Waals surface area contributed by atoms with Crippen molar-refractivity contribution in [1.82, 2.24) is 10.5 Å². The molecule has 130 valence electrons. The van der Waals surface area contributed by atoms with Gasteiger partial charge in [-0.2, -0.15) is 0 Å². The molecule has 1 amide bonds. The molecule has 2 aromatic rings. The minimum atomic E-state index is 0.0293. The molecule has 1 unspecified atom stereocenters. The van der Waals surface area contributed by atoms with E-state index in [0.29, 0.717) is 38.9 Å². The standard InChI is InChI=1S/C17H20Cl2N2O2S/c1-10(2)11(3)20-17(22)9-24-8-13-7-16(21-23-13)14-5-4-12(18)6-15(14)19/h4-7,10-11H,8-9H2,1-3H3,(H,20,22). The molecule has 1 heterocycles. The number of hydrogen-bond acceptors (Lipinski definition) is 4. The number of carbonyl (C=O) groups excluding carboxylic acids is 1. The summed E-state index contributed by atoms with van der Waals surface area (Å²) in [4.78, 5) is 11.8. The fraction of sp³-hybridized carbons (Fsp3) is 0.412. The minimum absolute atomic E-state index is 0.0293. The van der Waals surface area contributed by atoms with Gasteiger partial charge in [0.05, 0.1) is 16.5 Å². The van der Waals surface area contributed by atoms with Gasteiger partial charge in [0.1, 0.15) is 11.5 Å². The summed E-state index contributed by atoms with van der Waals surface area (Å²) in [5.41, 5.74) is 1.43. The molecule has 0 aliphatic rings. The number of hydrogen-bond donors (Lipinski definition) is 1. The Balaban J connectivity index is 1.87. The SMILES string of the molecule is CC(C)C(C)NC(=O)CSCc1cc(-c2ccc(Cl)cc2Cl)no1. The lowest BCUT2D eigenvalue weighted by atomic mass is 10.1. The smallest absolute Gasteiger partial charge is 0.230 e. The van der Waals surface area contributed by atoms with Crippen molar-refractivity contribution < 1.29 is 9.32 Å². The molecule has 0 aliphatic heterocycles. The quantitative estimate of drug-likeness (QED) is 0.723. The molecule has 1 aromatic heterocycles. The molecular formula is C17H20Cl2N2O2S. The molecule has 1 aromatic carbocycles. The zero-order chi connectivity index (χ0) is 17.7. The number of thioether (sulfide) groups is 1. The summed E-state index contributed by atoms with van der Waals surface area (Å²) >= 11 is 13.5. The first-order valence-corrected chi connectivity index (χ1v) is 9.56. The van der Waals surface area contributed by atoms with E-state index in [1.54, 1.807) is 18.2 Å². The van der Waals surface area contributed by atoms with Gasteiger partial charge in [-0.05, 0) is 31.0 Å². The first kappa shape index (κ1) is 19.2. The lowest BCUT2D eigenvalue weighted by Gasteiger charge is -2.16. The third kappa shape index (κ3) is 5.43. The maximum atomic E-state index is 11.8. The monoisotopic (exact) mass is 386 g/mol. The summed E-state index contributed by atoms with van der Waals surface area (Å²) in [6.07, 6.45) is 0. The van der Waals surface area contributed by atoms with E-state index >= 15 is 0 Å². The zero-order valence-corrected chi connectivity index (χ0v) is 16.1. The van der Waals surface area contributed by atoms with Crippen LogP contribution in [0.4, 0.5) is 0 Å². The predicted molar refractivity (Wildman–Crippen MR) is 101 cm³/mol. The Hall–Kier alpha value is -1.17. The van der Waals surface area contributed by atoms with E-state index in [-0.39, 0.29) is 11.9 Å². The average Bonchev–Trinajstić information content (AvgIpc) is 2.95. The predicted octanol–water partition coefficient (Wildman–Crippen LogP) is 5.04. The Morgan fingerprint density at radius 1 is 1.29 bits per heavy atom. The number of nitrogens with one attached hydrogen (secondary N) is 1. The number of carbonyl (C=O) groups is 1. The van der Waals surface area contributed by atoms with Gasteiger partial charge < -0.3 is 9.84 Å². The lowest BCUT2D eigenvalue weighted by Crippen LogP contribution is -2.37. The minimum Gasteiger partial charge on any atom is -0.360 e. The second-order valence-corrected chi connectivity index (χ2v) is 7.72. The topological polar surface area (TPSA) is 55.1 Å². The van der Waals surface area contributed by atoms with Gasteiger partial charge in [0.15, 0.2) is 0 Å². The number of halogens is 2. The van der Waals surface area contributed by atoms with Crippen molar-refractivity contribution in [2.75, 3.05) is 5.75 Å². The fourth-order valence-electron chi connectivity index (χ4n) is 1.91. The first-order chi connectivity index (χ1) is 11.4. The Kier molecular flexibility index (Phi) is 7.02. The first-order valence-electron chi connectivity index (χ1n) is 7.65. The zero-order valence-electron chi connectivity index (χ0n) is 13.8. The number of aromatic nitrogens is 1. The van der Waals surface area contributed by atoms with E-state index in [1.165, 1.54) is 11.8 Å². The molecule has 7 heteroatoms. The van der Waals surface area contributed by atoms with E-state index in [9.17, 15) is 4.79 Å². The van der Waals surface area contributed by atoms with E-state index in [4.69, 9.17) is 27.7 Å². The molecular weight excluding hydrogens is 367 g/mol. The van der Waals surface area contributed by atoms with Crippen molar-refractivity contribution in [3.05, 3.63) is 40.1 Å². The van der Waals surface area contributed by atoms with Crippen molar-refractivity contribution in [2.45, 2.75) is 32.6 Å². The van der Waals surface area contributed by atoms with Crippen LogP contribution in [0.1, 0.15) is 26.5 Å². The third-order valence-electron chi connectivity index (χ3n) is 3.63. The van der Waals surface area contributed by atoms with Crippen molar-refractivity contribution in [2.24, 2.45) is 5.92 Å². The van der Waals surface area contributed by atoms with Crippen LogP contribution in [0.3, 0.4) is 0 Å². The number of amides is 1. The van der Waals surface area contributed by atoms with Crippen LogP contribution in [0.25, 0.3) is 11.3 Å². The van der Waals surface area contributed by atoms with E-state index in [1.807, 2.05) is 13.0 Å². The van der Waals surface area contributed by atoms with Gasteiger partial charge in [0.2, 0.25) is 5.91 Å². The Morgan fingerprint density at radius 3 is 2.71 bits per heavy atom.